The lowest BCUT2D eigenvalue weighted by atomic mass is 10.0. The molecule has 114 valence electrons. The smallest absolute Gasteiger partial charge is 0.188 e. The third-order valence-electron chi connectivity index (χ3n) is 2.99. The summed E-state index contributed by atoms with van der Waals surface area (Å²) < 4.78 is 0. The van der Waals surface area contributed by atoms with E-state index in [0.29, 0.717) is 31.0 Å². The molecule has 0 amide bonds. The highest BCUT2D eigenvalue weighted by atomic mass is 15.2. The number of rotatable bonds is 10. The molecule has 0 aliphatic rings. The van der Waals surface area contributed by atoms with Gasteiger partial charge in [0.15, 0.2) is 5.96 Å². The van der Waals surface area contributed by atoms with Crippen LogP contribution in [0.5, 0.6) is 0 Å². The van der Waals surface area contributed by atoms with E-state index < -0.39 is 0 Å². The molecule has 0 saturated carbocycles. The number of nitrogens with two attached hydrogens (primary N) is 1. The highest BCUT2D eigenvalue weighted by Gasteiger charge is 2.19. The van der Waals surface area contributed by atoms with Crippen molar-refractivity contribution in [2.24, 2.45) is 16.6 Å². The summed E-state index contributed by atoms with van der Waals surface area (Å²) in [7, 11) is 0. The van der Waals surface area contributed by atoms with Crippen molar-refractivity contribution in [2.75, 3.05) is 26.2 Å². The molecule has 1 unspecified atom stereocenters. The van der Waals surface area contributed by atoms with Crippen molar-refractivity contribution < 1.29 is 0 Å². The van der Waals surface area contributed by atoms with Crippen LogP contribution in [0.2, 0.25) is 0 Å². The zero-order valence-corrected chi connectivity index (χ0v) is 13.2. The summed E-state index contributed by atoms with van der Waals surface area (Å²) in [6, 6.07) is 0.316. The van der Waals surface area contributed by atoms with Gasteiger partial charge in [-0.1, -0.05) is 38.2 Å². The van der Waals surface area contributed by atoms with Crippen LogP contribution >= 0.6 is 0 Å². The summed E-state index contributed by atoms with van der Waals surface area (Å²) in [6.45, 7) is 20.7. The van der Waals surface area contributed by atoms with Gasteiger partial charge in [-0.3, -0.25) is 9.89 Å². The Morgan fingerprint density at radius 2 is 1.85 bits per heavy atom. The molecule has 0 heterocycles. The molecule has 0 aromatic carbocycles. The van der Waals surface area contributed by atoms with Gasteiger partial charge < -0.3 is 11.1 Å². The van der Waals surface area contributed by atoms with E-state index in [2.05, 4.69) is 48.8 Å². The van der Waals surface area contributed by atoms with Gasteiger partial charge in [0.2, 0.25) is 0 Å². The predicted octanol–water partition coefficient (Wildman–Crippen LogP) is 2.17. The molecular weight excluding hydrogens is 248 g/mol. The molecule has 0 aromatic heterocycles. The average molecular weight is 278 g/mol. The van der Waals surface area contributed by atoms with Gasteiger partial charge in [0.1, 0.15) is 0 Å². The Kier molecular flexibility index (Phi) is 9.47. The molecule has 0 aliphatic heterocycles. The first-order chi connectivity index (χ1) is 9.42. The van der Waals surface area contributed by atoms with Gasteiger partial charge in [-0.2, -0.15) is 0 Å². The molecule has 0 rings (SSSR count). The van der Waals surface area contributed by atoms with E-state index >= 15 is 0 Å². The molecule has 4 heteroatoms. The van der Waals surface area contributed by atoms with Crippen molar-refractivity contribution in [1.82, 2.24) is 10.2 Å². The number of nitrogens with one attached hydrogen (secondary N) is 1. The molecule has 0 aromatic rings. The van der Waals surface area contributed by atoms with Crippen molar-refractivity contribution in [3.8, 4) is 0 Å². The quantitative estimate of drug-likeness (QED) is 0.366. The first-order valence-electron chi connectivity index (χ1n) is 7.06. The van der Waals surface area contributed by atoms with Crippen LogP contribution in [0.1, 0.15) is 20.8 Å². The maximum absolute atomic E-state index is 5.86. The molecule has 20 heavy (non-hydrogen) atoms. The molecule has 0 spiro atoms. The number of guanidine groups is 1. The van der Waals surface area contributed by atoms with Gasteiger partial charge in [0.05, 0.1) is 6.54 Å². The van der Waals surface area contributed by atoms with Gasteiger partial charge in [-0.25, -0.2) is 0 Å². The maximum Gasteiger partial charge on any atom is 0.188 e. The fourth-order valence-electron chi connectivity index (χ4n) is 1.91. The highest BCUT2D eigenvalue weighted by Crippen LogP contribution is 2.11. The van der Waals surface area contributed by atoms with Crippen molar-refractivity contribution in [1.29, 1.82) is 0 Å². The standard InChI is InChI=1S/C16H30N4/c1-7-9-20(10-8-2)15(14(5)6)12-19-16(17)18-11-13(3)4/h7-8,14-15H,1-3,9-12H2,4-6H3,(H3,17,18,19). The summed E-state index contributed by atoms with van der Waals surface area (Å²) in [5.41, 5.74) is 6.89. The van der Waals surface area contributed by atoms with Crippen molar-refractivity contribution in [2.45, 2.75) is 26.8 Å². The van der Waals surface area contributed by atoms with E-state index in [4.69, 9.17) is 5.73 Å². The summed E-state index contributed by atoms with van der Waals surface area (Å²) in [5.74, 6) is 0.948. The first kappa shape index (κ1) is 18.4. The van der Waals surface area contributed by atoms with Crippen LogP contribution in [0, 0.1) is 5.92 Å². The third-order valence-corrected chi connectivity index (χ3v) is 2.99. The number of hydrogen-bond donors (Lipinski definition) is 2. The second-order valence-electron chi connectivity index (χ2n) is 5.38. The van der Waals surface area contributed by atoms with Gasteiger partial charge >= 0.3 is 0 Å². The second-order valence-corrected chi connectivity index (χ2v) is 5.38. The normalized spacial score (nSPS) is 13.3. The Labute approximate surface area is 124 Å². The zero-order valence-electron chi connectivity index (χ0n) is 13.2. The molecule has 0 aliphatic carbocycles. The van der Waals surface area contributed by atoms with E-state index in [1.807, 2.05) is 19.1 Å². The van der Waals surface area contributed by atoms with Gasteiger partial charge in [-0.05, 0) is 12.8 Å². The summed E-state index contributed by atoms with van der Waals surface area (Å²) in [6.07, 6.45) is 3.82. The molecule has 0 radical (unpaired) electrons. The Morgan fingerprint density at radius 1 is 1.30 bits per heavy atom. The fraction of sp³-hybridized carbons (Fsp3) is 0.562. The van der Waals surface area contributed by atoms with Gasteiger partial charge in [-0.15, -0.1) is 13.2 Å². The molecular formula is C16H30N4. The Balaban J connectivity index is 4.66. The van der Waals surface area contributed by atoms with Crippen LogP contribution in [0.25, 0.3) is 0 Å². The first-order valence-corrected chi connectivity index (χ1v) is 7.06. The zero-order chi connectivity index (χ0) is 15.5. The molecule has 0 fully saturated rings. The minimum absolute atomic E-state index is 0.316. The highest BCUT2D eigenvalue weighted by molar-refractivity contribution is 5.78. The molecule has 4 nitrogen and oxygen atoms in total. The summed E-state index contributed by atoms with van der Waals surface area (Å²) in [4.78, 5) is 6.74. The molecule has 3 N–H and O–H groups in total. The third kappa shape index (κ3) is 7.79. The van der Waals surface area contributed by atoms with E-state index in [-0.39, 0.29) is 0 Å². The monoisotopic (exact) mass is 278 g/mol. The van der Waals surface area contributed by atoms with Crippen molar-refractivity contribution in [3.63, 3.8) is 0 Å². The van der Waals surface area contributed by atoms with Crippen LogP contribution < -0.4 is 11.1 Å². The largest absolute Gasteiger partial charge is 0.370 e. The average Bonchev–Trinajstić information content (AvgIpc) is 2.36. The lowest BCUT2D eigenvalue weighted by Crippen LogP contribution is -2.42. The van der Waals surface area contributed by atoms with E-state index in [9.17, 15) is 0 Å². The minimum Gasteiger partial charge on any atom is -0.370 e. The van der Waals surface area contributed by atoms with Crippen LogP contribution in [0.4, 0.5) is 0 Å². The van der Waals surface area contributed by atoms with Crippen LogP contribution in [0.15, 0.2) is 42.5 Å². The van der Waals surface area contributed by atoms with Crippen LogP contribution in [0.3, 0.4) is 0 Å². The van der Waals surface area contributed by atoms with E-state index in [0.717, 1.165) is 18.7 Å². The lowest BCUT2D eigenvalue weighted by Gasteiger charge is -2.31. The molecule has 1 atom stereocenters. The van der Waals surface area contributed by atoms with E-state index in [1.165, 1.54) is 0 Å². The predicted molar refractivity (Wildman–Crippen MR) is 89.9 cm³/mol. The van der Waals surface area contributed by atoms with E-state index in [1.54, 1.807) is 0 Å². The van der Waals surface area contributed by atoms with Crippen LogP contribution in [-0.2, 0) is 0 Å². The van der Waals surface area contributed by atoms with Gasteiger partial charge in [0.25, 0.3) is 0 Å². The Morgan fingerprint density at radius 3 is 2.25 bits per heavy atom. The Hall–Kier alpha value is -1.55. The number of hydrogen-bond acceptors (Lipinski definition) is 2. The summed E-state index contributed by atoms with van der Waals surface area (Å²) >= 11 is 0. The Bertz CT molecular complexity index is 334. The maximum atomic E-state index is 5.86. The minimum atomic E-state index is 0.316. The molecule has 0 saturated heterocycles. The SMILES string of the molecule is C=CCN(CC=C)C(CN=C(N)NCC(=C)C)C(C)C. The van der Waals surface area contributed by atoms with Gasteiger partial charge in [0, 0.05) is 25.7 Å². The topological polar surface area (TPSA) is 53.6 Å². The number of nitrogens with zero attached hydrogens (tertiary/aromatic N) is 2. The van der Waals surface area contributed by atoms with Crippen molar-refractivity contribution >= 4 is 5.96 Å². The number of aliphatic imine (C=N–C) groups is 1. The van der Waals surface area contributed by atoms with Crippen LogP contribution in [-0.4, -0.2) is 43.1 Å². The second kappa shape index (κ2) is 10.3. The van der Waals surface area contributed by atoms with Crippen molar-refractivity contribution in [3.05, 3.63) is 37.5 Å². The summed E-state index contributed by atoms with van der Waals surface area (Å²) in [5, 5.41) is 3.05. The molecule has 0 bridgehead atoms. The lowest BCUT2D eigenvalue weighted by molar-refractivity contribution is 0.195. The fourth-order valence-corrected chi connectivity index (χ4v) is 1.91.